The fraction of sp³-hybridized carbons (Fsp3) is 0.833. The molecule has 1 saturated heterocycles. The number of nitrogens with zero attached hydrogens (tertiary/aromatic N) is 2. The first-order valence-corrected chi connectivity index (χ1v) is 6.41. The van der Waals surface area contributed by atoms with Crippen molar-refractivity contribution < 1.29 is 14.3 Å². The van der Waals surface area contributed by atoms with E-state index in [4.69, 9.17) is 10.5 Å². The van der Waals surface area contributed by atoms with Gasteiger partial charge in [-0.3, -0.25) is 14.5 Å². The summed E-state index contributed by atoms with van der Waals surface area (Å²) in [5, 5.41) is 0. The van der Waals surface area contributed by atoms with Crippen LogP contribution >= 0.6 is 0 Å². The summed E-state index contributed by atoms with van der Waals surface area (Å²) < 4.78 is 5.42. The Balaban J connectivity index is 1.96. The van der Waals surface area contributed by atoms with Gasteiger partial charge in [-0.05, 0) is 19.8 Å². The zero-order valence-corrected chi connectivity index (χ0v) is 11.0. The van der Waals surface area contributed by atoms with E-state index < -0.39 is 11.9 Å². The number of nitrogens with two attached hydrogens (primary N) is 1. The number of primary amides is 1. The van der Waals surface area contributed by atoms with Crippen LogP contribution in [-0.4, -0.2) is 66.5 Å². The maximum Gasteiger partial charge on any atom is 0.237 e. The summed E-state index contributed by atoms with van der Waals surface area (Å²) >= 11 is 0. The highest BCUT2D eigenvalue weighted by Gasteiger charge is 2.37. The van der Waals surface area contributed by atoms with Crippen LogP contribution in [0.5, 0.6) is 0 Å². The van der Waals surface area contributed by atoms with Crippen molar-refractivity contribution in [1.29, 1.82) is 0 Å². The van der Waals surface area contributed by atoms with E-state index in [1.165, 1.54) is 0 Å². The van der Waals surface area contributed by atoms with Crippen LogP contribution in [0.2, 0.25) is 0 Å². The van der Waals surface area contributed by atoms with E-state index in [9.17, 15) is 9.59 Å². The van der Waals surface area contributed by atoms with Crippen molar-refractivity contribution in [3.8, 4) is 0 Å². The maximum atomic E-state index is 12.1. The van der Waals surface area contributed by atoms with E-state index in [2.05, 4.69) is 0 Å². The largest absolute Gasteiger partial charge is 0.375 e. The lowest BCUT2D eigenvalue weighted by molar-refractivity contribution is -0.142. The number of carbonyl (C=O) groups is 2. The van der Waals surface area contributed by atoms with Crippen molar-refractivity contribution in [3.05, 3.63) is 0 Å². The summed E-state index contributed by atoms with van der Waals surface area (Å²) in [6.07, 6.45) is 1.91. The van der Waals surface area contributed by atoms with Crippen molar-refractivity contribution in [2.45, 2.75) is 38.0 Å². The summed E-state index contributed by atoms with van der Waals surface area (Å²) in [6, 6.07) is -0.113. The molecule has 0 aromatic heterocycles. The molecular formula is C12H21N3O3. The van der Waals surface area contributed by atoms with Crippen LogP contribution < -0.4 is 5.73 Å². The maximum absolute atomic E-state index is 12.1. The highest BCUT2D eigenvalue weighted by Crippen LogP contribution is 2.25. The minimum absolute atomic E-state index is 0.0536. The number of rotatable bonds is 4. The van der Waals surface area contributed by atoms with Gasteiger partial charge in [0, 0.05) is 19.6 Å². The third kappa shape index (κ3) is 2.81. The zero-order chi connectivity index (χ0) is 13.3. The van der Waals surface area contributed by atoms with Crippen molar-refractivity contribution >= 4 is 11.8 Å². The van der Waals surface area contributed by atoms with E-state index in [1.54, 1.807) is 4.90 Å². The third-order valence-corrected chi connectivity index (χ3v) is 3.72. The predicted octanol–water partition coefficient (Wildman–Crippen LogP) is -0.818. The van der Waals surface area contributed by atoms with Crippen LogP contribution in [0.25, 0.3) is 0 Å². The molecular weight excluding hydrogens is 234 g/mol. The third-order valence-electron chi connectivity index (χ3n) is 3.72. The van der Waals surface area contributed by atoms with Gasteiger partial charge in [-0.25, -0.2) is 0 Å². The van der Waals surface area contributed by atoms with Crippen molar-refractivity contribution in [3.63, 3.8) is 0 Å². The predicted molar refractivity (Wildman–Crippen MR) is 65.8 cm³/mol. The van der Waals surface area contributed by atoms with Gasteiger partial charge < -0.3 is 15.4 Å². The molecule has 0 spiro atoms. The summed E-state index contributed by atoms with van der Waals surface area (Å²) in [4.78, 5) is 27.1. The quantitative estimate of drug-likeness (QED) is 0.712. The molecule has 1 saturated carbocycles. The lowest BCUT2D eigenvalue weighted by Crippen LogP contribution is -2.58. The Kier molecular flexibility index (Phi) is 3.87. The number of carbonyl (C=O) groups excluding carboxylic acids is 2. The number of likely N-dealkylation sites (N-methyl/N-ethyl adjacent to an activating group) is 1. The second-order valence-corrected chi connectivity index (χ2v) is 5.13. The Labute approximate surface area is 107 Å². The standard InChI is InChI=1S/C12H21N3O3/c1-8-11(12(13)17)15(5-6-18-8)7-10(16)14(2)9-3-4-9/h8-9,11H,3-7H2,1-2H3,(H2,13,17)/t8-,11+/m1/s1. The molecule has 0 bridgehead atoms. The second kappa shape index (κ2) is 5.24. The topological polar surface area (TPSA) is 75.9 Å². The molecule has 2 amide bonds. The first-order chi connectivity index (χ1) is 8.50. The van der Waals surface area contributed by atoms with E-state index >= 15 is 0 Å². The lowest BCUT2D eigenvalue weighted by Gasteiger charge is -2.38. The minimum Gasteiger partial charge on any atom is -0.375 e. The molecule has 18 heavy (non-hydrogen) atoms. The Morgan fingerprint density at radius 3 is 2.67 bits per heavy atom. The fourth-order valence-electron chi connectivity index (χ4n) is 2.42. The van der Waals surface area contributed by atoms with Crippen LogP contribution in [-0.2, 0) is 14.3 Å². The highest BCUT2D eigenvalue weighted by molar-refractivity contribution is 5.83. The second-order valence-electron chi connectivity index (χ2n) is 5.13. The van der Waals surface area contributed by atoms with Gasteiger partial charge in [-0.15, -0.1) is 0 Å². The van der Waals surface area contributed by atoms with Crippen LogP contribution in [0.15, 0.2) is 0 Å². The molecule has 1 heterocycles. The van der Waals surface area contributed by atoms with Gasteiger partial charge in [0.15, 0.2) is 0 Å². The van der Waals surface area contributed by atoms with Gasteiger partial charge >= 0.3 is 0 Å². The molecule has 1 aliphatic heterocycles. The molecule has 0 aromatic carbocycles. The van der Waals surface area contributed by atoms with Gasteiger partial charge in [-0.1, -0.05) is 0 Å². The molecule has 0 unspecified atom stereocenters. The molecule has 0 radical (unpaired) electrons. The van der Waals surface area contributed by atoms with Crippen LogP contribution in [0.4, 0.5) is 0 Å². The number of amides is 2. The van der Waals surface area contributed by atoms with Crippen LogP contribution in [0.3, 0.4) is 0 Å². The average Bonchev–Trinajstić information content (AvgIpc) is 3.11. The summed E-state index contributed by atoms with van der Waals surface area (Å²) in [6.45, 7) is 3.17. The fourth-order valence-corrected chi connectivity index (χ4v) is 2.42. The molecule has 2 atom stereocenters. The van der Waals surface area contributed by atoms with Gasteiger partial charge in [0.05, 0.1) is 19.3 Å². The monoisotopic (exact) mass is 255 g/mol. The Morgan fingerprint density at radius 2 is 2.11 bits per heavy atom. The van der Waals surface area contributed by atoms with Gasteiger partial charge in [-0.2, -0.15) is 0 Å². The molecule has 0 aromatic rings. The number of hydrogen-bond donors (Lipinski definition) is 1. The zero-order valence-electron chi connectivity index (χ0n) is 11.0. The van der Waals surface area contributed by atoms with Crippen LogP contribution in [0, 0.1) is 0 Å². The Bertz CT molecular complexity index is 343. The molecule has 2 fully saturated rings. The van der Waals surface area contributed by atoms with Gasteiger partial charge in [0.2, 0.25) is 11.8 Å². The van der Waals surface area contributed by atoms with Gasteiger partial charge in [0.25, 0.3) is 0 Å². The molecule has 6 heteroatoms. The van der Waals surface area contributed by atoms with E-state index in [0.717, 1.165) is 12.8 Å². The van der Waals surface area contributed by atoms with Crippen molar-refractivity contribution in [2.24, 2.45) is 5.73 Å². The number of morpholine rings is 1. The van der Waals surface area contributed by atoms with Crippen molar-refractivity contribution in [1.82, 2.24) is 9.80 Å². The molecule has 102 valence electrons. The highest BCUT2D eigenvalue weighted by atomic mass is 16.5. The van der Waals surface area contributed by atoms with E-state index in [1.807, 2.05) is 18.9 Å². The average molecular weight is 255 g/mol. The first-order valence-electron chi connectivity index (χ1n) is 6.41. The first kappa shape index (κ1) is 13.3. The van der Waals surface area contributed by atoms with Crippen molar-refractivity contribution in [2.75, 3.05) is 26.7 Å². The molecule has 2 N–H and O–H groups in total. The normalized spacial score (nSPS) is 29.0. The SMILES string of the molecule is C[C@H]1OCCN(CC(=O)N(C)C2CC2)[C@@H]1C(N)=O. The lowest BCUT2D eigenvalue weighted by atomic mass is 10.1. The molecule has 1 aliphatic carbocycles. The summed E-state index contributed by atoms with van der Waals surface area (Å²) in [5.41, 5.74) is 5.39. The minimum atomic E-state index is -0.504. The van der Waals surface area contributed by atoms with Gasteiger partial charge in [0.1, 0.15) is 6.04 Å². The van der Waals surface area contributed by atoms with E-state index in [0.29, 0.717) is 19.2 Å². The smallest absolute Gasteiger partial charge is 0.237 e. The number of ether oxygens (including phenoxy) is 1. The summed E-state index contributed by atoms with van der Waals surface area (Å²) in [7, 11) is 1.82. The number of hydrogen-bond acceptors (Lipinski definition) is 4. The molecule has 2 rings (SSSR count). The Hall–Kier alpha value is -1.14. The molecule has 6 nitrogen and oxygen atoms in total. The van der Waals surface area contributed by atoms with Crippen LogP contribution in [0.1, 0.15) is 19.8 Å². The molecule has 2 aliphatic rings. The van der Waals surface area contributed by atoms with E-state index in [-0.39, 0.29) is 18.6 Å². The Morgan fingerprint density at radius 1 is 1.44 bits per heavy atom. The summed E-state index contributed by atoms with van der Waals surface area (Å²) in [5.74, 6) is -0.373.